The van der Waals surface area contributed by atoms with Crippen molar-refractivity contribution in [2.24, 2.45) is 0 Å². The Morgan fingerprint density at radius 2 is 1.74 bits per heavy atom. The molecule has 0 saturated carbocycles. The van der Waals surface area contributed by atoms with E-state index in [1.54, 1.807) is 18.3 Å². The lowest BCUT2D eigenvalue weighted by molar-refractivity contribution is -0.383. The number of hydrogen-bond donors (Lipinski definition) is 2. The van der Waals surface area contributed by atoms with Crippen molar-refractivity contribution in [1.82, 2.24) is 20.4 Å². The molecule has 1 aliphatic rings. The first-order valence-corrected chi connectivity index (χ1v) is 9.64. The van der Waals surface area contributed by atoms with Gasteiger partial charge in [-0.25, -0.2) is 9.97 Å². The summed E-state index contributed by atoms with van der Waals surface area (Å²) in [7, 11) is 0. The monoisotopic (exact) mass is 420 g/mol. The van der Waals surface area contributed by atoms with Crippen LogP contribution in [-0.4, -0.2) is 52.0 Å². The van der Waals surface area contributed by atoms with Crippen molar-refractivity contribution >= 4 is 28.9 Å². The number of nitrogens with one attached hydrogen (secondary N) is 2. The zero-order valence-electron chi connectivity index (χ0n) is 16.5. The number of anilines is 3. The van der Waals surface area contributed by atoms with Crippen molar-refractivity contribution in [2.45, 2.75) is 0 Å². The number of para-hydroxylation sites is 1. The van der Waals surface area contributed by atoms with Crippen molar-refractivity contribution < 1.29 is 9.72 Å². The van der Waals surface area contributed by atoms with Crippen LogP contribution in [0.2, 0.25) is 0 Å². The van der Waals surface area contributed by atoms with Gasteiger partial charge in [-0.3, -0.25) is 30.7 Å². The van der Waals surface area contributed by atoms with Gasteiger partial charge in [-0.05, 0) is 24.3 Å². The summed E-state index contributed by atoms with van der Waals surface area (Å²) in [6.07, 6.45) is 4.18. The van der Waals surface area contributed by atoms with Crippen LogP contribution >= 0.6 is 0 Å². The van der Waals surface area contributed by atoms with Gasteiger partial charge in [-0.1, -0.05) is 18.2 Å². The fraction of sp³-hybridized carbons (Fsp3) is 0.200. The van der Waals surface area contributed by atoms with Gasteiger partial charge in [0.2, 0.25) is 11.6 Å². The average molecular weight is 420 g/mol. The van der Waals surface area contributed by atoms with Crippen LogP contribution in [0.3, 0.4) is 0 Å². The number of piperazine rings is 1. The summed E-state index contributed by atoms with van der Waals surface area (Å²) in [6.45, 7) is 2.53. The molecule has 31 heavy (non-hydrogen) atoms. The Balaban J connectivity index is 1.49. The second-order valence-corrected chi connectivity index (χ2v) is 6.78. The molecule has 11 heteroatoms. The van der Waals surface area contributed by atoms with Gasteiger partial charge in [-0.2, -0.15) is 0 Å². The summed E-state index contributed by atoms with van der Waals surface area (Å²) in [5.41, 5.74) is 6.10. The lowest BCUT2D eigenvalue weighted by Gasteiger charge is -2.36. The Kier molecular flexibility index (Phi) is 5.83. The first-order chi connectivity index (χ1) is 15.1. The molecule has 1 amide bonds. The third kappa shape index (κ3) is 4.50. The molecule has 0 aliphatic carbocycles. The van der Waals surface area contributed by atoms with Gasteiger partial charge in [0.25, 0.3) is 5.91 Å². The fourth-order valence-electron chi connectivity index (χ4n) is 3.36. The Bertz CT molecular complexity index is 1060. The maximum Gasteiger partial charge on any atom is 0.355 e. The van der Waals surface area contributed by atoms with Gasteiger partial charge < -0.3 is 9.80 Å². The highest BCUT2D eigenvalue weighted by Crippen LogP contribution is 2.32. The molecule has 2 aromatic heterocycles. The molecule has 3 aromatic rings. The highest BCUT2D eigenvalue weighted by molar-refractivity contribution is 5.94. The largest absolute Gasteiger partial charge is 0.368 e. The summed E-state index contributed by atoms with van der Waals surface area (Å²) >= 11 is 0. The van der Waals surface area contributed by atoms with E-state index in [1.165, 1.54) is 12.5 Å². The molecule has 0 unspecified atom stereocenters. The average Bonchev–Trinajstić information content (AvgIpc) is 2.83. The van der Waals surface area contributed by atoms with Crippen LogP contribution in [0.4, 0.5) is 23.0 Å². The number of amides is 1. The highest BCUT2D eigenvalue weighted by atomic mass is 16.6. The summed E-state index contributed by atoms with van der Waals surface area (Å²) in [4.78, 5) is 39.5. The van der Waals surface area contributed by atoms with E-state index in [0.717, 1.165) is 5.69 Å². The predicted molar refractivity (Wildman–Crippen MR) is 115 cm³/mol. The van der Waals surface area contributed by atoms with E-state index in [-0.39, 0.29) is 17.3 Å². The highest BCUT2D eigenvalue weighted by Gasteiger charge is 2.29. The van der Waals surface area contributed by atoms with E-state index >= 15 is 0 Å². The van der Waals surface area contributed by atoms with Crippen LogP contribution in [0.1, 0.15) is 10.4 Å². The molecule has 0 bridgehead atoms. The lowest BCUT2D eigenvalue weighted by atomic mass is 10.2. The van der Waals surface area contributed by atoms with Gasteiger partial charge in [0.15, 0.2) is 0 Å². The maximum atomic E-state index is 12.2. The fourth-order valence-corrected chi connectivity index (χ4v) is 3.36. The summed E-state index contributed by atoms with van der Waals surface area (Å²) in [6, 6.07) is 13.2. The van der Waals surface area contributed by atoms with Gasteiger partial charge in [-0.15, -0.1) is 0 Å². The first-order valence-electron chi connectivity index (χ1n) is 9.64. The minimum atomic E-state index is -0.544. The Morgan fingerprint density at radius 3 is 2.42 bits per heavy atom. The molecule has 1 aromatic carbocycles. The minimum Gasteiger partial charge on any atom is -0.368 e. The van der Waals surface area contributed by atoms with Crippen LogP contribution in [-0.2, 0) is 0 Å². The van der Waals surface area contributed by atoms with Gasteiger partial charge in [0.1, 0.15) is 6.33 Å². The number of benzene rings is 1. The maximum absolute atomic E-state index is 12.2. The van der Waals surface area contributed by atoms with Crippen molar-refractivity contribution in [1.29, 1.82) is 0 Å². The topological polar surface area (TPSA) is 129 Å². The van der Waals surface area contributed by atoms with Gasteiger partial charge >= 0.3 is 5.69 Å². The van der Waals surface area contributed by atoms with Crippen LogP contribution in [0.5, 0.6) is 0 Å². The van der Waals surface area contributed by atoms with Crippen LogP contribution in [0.25, 0.3) is 0 Å². The summed E-state index contributed by atoms with van der Waals surface area (Å²) in [5, 5.41) is 11.8. The van der Waals surface area contributed by atoms with Crippen molar-refractivity contribution in [3.05, 3.63) is 76.9 Å². The van der Waals surface area contributed by atoms with Crippen LogP contribution in [0, 0.1) is 10.1 Å². The minimum absolute atomic E-state index is 0.0854. The molecule has 1 aliphatic heterocycles. The number of aromatic nitrogens is 3. The molecule has 158 valence electrons. The number of carbonyl (C=O) groups is 1. The van der Waals surface area contributed by atoms with Gasteiger partial charge in [0.05, 0.1) is 10.5 Å². The number of carbonyl (C=O) groups excluding carboxylic acids is 1. The van der Waals surface area contributed by atoms with Crippen molar-refractivity contribution in [3.63, 3.8) is 0 Å². The first kappa shape index (κ1) is 20.0. The van der Waals surface area contributed by atoms with Crippen molar-refractivity contribution in [3.8, 4) is 0 Å². The standard InChI is InChI=1S/C20H20N8O3/c29-20(15-5-4-8-21-13-15)25-24-18-17(28(30)31)19(23-14-22-18)27-11-9-26(10-12-27)16-6-2-1-3-7-16/h1-8,13-14H,9-12H2,(H,25,29)(H,22,23,24). The molecule has 0 atom stereocenters. The van der Waals surface area contributed by atoms with Crippen molar-refractivity contribution in [2.75, 3.05) is 41.4 Å². The number of nitro groups is 1. The van der Waals surface area contributed by atoms with Crippen LogP contribution < -0.4 is 20.7 Å². The van der Waals surface area contributed by atoms with E-state index in [1.807, 2.05) is 35.2 Å². The Hall–Kier alpha value is -4.28. The zero-order chi connectivity index (χ0) is 21.6. The second-order valence-electron chi connectivity index (χ2n) is 6.78. The zero-order valence-corrected chi connectivity index (χ0v) is 16.5. The Morgan fingerprint density at radius 1 is 1.00 bits per heavy atom. The molecule has 1 saturated heterocycles. The van der Waals surface area contributed by atoms with Gasteiger partial charge in [0, 0.05) is 44.3 Å². The molecule has 3 heterocycles. The van der Waals surface area contributed by atoms with E-state index in [4.69, 9.17) is 0 Å². The lowest BCUT2D eigenvalue weighted by Crippen LogP contribution is -2.47. The number of nitrogens with zero attached hydrogens (tertiary/aromatic N) is 6. The number of hydrogen-bond acceptors (Lipinski definition) is 9. The third-order valence-corrected chi connectivity index (χ3v) is 4.90. The SMILES string of the molecule is O=C(NNc1ncnc(N2CCN(c3ccccc3)CC2)c1[N+](=O)[O-])c1cccnc1. The van der Waals surface area contributed by atoms with Crippen LogP contribution in [0.15, 0.2) is 61.2 Å². The molecule has 2 N–H and O–H groups in total. The van der Waals surface area contributed by atoms with E-state index in [2.05, 4.69) is 30.7 Å². The number of rotatable bonds is 6. The summed E-state index contributed by atoms with van der Waals surface area (Å²) in [5.74, 6) is -0.359. The second kappa shape index (κ2) is 9.03. The predicted octanol–water partition coefficient (Wildman–Crippen LogP) is 1.86. The molecule has 0 spiro atoms. The molecular weight excluding hydrogens is 400 g/mol. The number of pyridine rings is 1. The summed E-state index contributed by atoms with van der Waals surface area (Å²) < 4.78 is 0. The van der Waals surface area contributed by atoms with E-state index in [9.17, 15) is 14.9 Å². The van der Waals surface area contributed by atoms with E-state index < -0.39 is 10.8 Å². The third-order valence-electron chi connectivity index (χ3n) is 4.90. The Labute approximate surface area is 177 Å². The van der Waals surface area contributed by atoms with E-state index in [0.29, 0.717) is 31.7 Å². The molecular formula is C20H20N8O3. The molecule has 1 fully saturated rings. The molecule has 11 nitrogen and oxygen atoms in total. The molecule has 0 radical (unpaired) electrons. The quantitative estimate of drug-likeness (QED) is 0.453. The number of hydrazine groups is 1. The smallest absolute Gasteiger partial charge is 0.355 e. The normalized spacial score (nSPS) is 13.5. The molecule has 4 rings (SSSR count).